The third-order valence-electron chi connectivity index (χ3n) is 4.12. The molecule has 7 nitrogen and oxygen atoms in total. The topological polar surface area (TPSA) is 92.8 Å². The van der Waals surface area contributed by atoms with Crippen LogP contribution in [0.25, 0.3) is 6.08 Å². The summed E-state index contributed by atoms with van der Waals surface area (Å²) in [6.07, 6.45) is 1.61. The second-order valence-electron chi connectivity index (χ2n) is 6.22. The van der Waals surface area contributed by atoms with Crippen LogP contribution in [-0.2, 0) is 9.59 Å². The minimum absolute atomic E-state index is 0.217. The lowest BCUT2D eigenvalue weighted by Crippen LogP contribution is -2.33. The number of rotatable bonds is 6. The summed E-state index contributed by atoms with van der Waals surface area (Å²) in [6.45, 7) is 1.04. The predicted octanol–water partition coefficient (Wildman–Crippen LogP) is 3.57. The molecule has 0 bridgehead atoms. The molecule has 0 spiro atoms. The van der Waals surface area contributed by atoms with E-state index in [1.807, 2.05) is 0 Å². The first-order valence-corrected chi connectivity index (χ1v) is 9.49. The van der Waals surface area contributed by atoms with Crippen LogP contribution < -0.4 is 10.1 Å². The molecule has 3 amide bonds. The van der Waals surface area contributed by atoms with E-state index in [4.69, 9.17) is 4.74 Å². The van der Waals surface area contributed by atoms with Gasteiger partial charge in [-0.15, -0.1) is 0 Å². The number of nitrogens with zero attached hydrogens (tertiary/aromatic N) is 1. The zero-order valence-corrected chi connectivity index (χ0v) is 16.6. The number of methoxy groups -OCH3 is 1. The number of nitrogens with one attached hydrogen (secondary N) is 1. The van der Waals surface area contributed by atoms with Gasteiger partial charge in [-0.05, 0) is 59.8 Å². The van der Waals surface area contributed by atoms with Gasteiger partial charge in [0.1, 0.15) is 5.75 Å². The summed E-state index contributed by atoms with van der Waals surface area (Å²) in [6, 6.07) is 13.3. The molecule has 1 fully saturated rings. The molecule has 2 aromatic rings. The Balaban J connectivity index is 1.70. The van der Waals surface area contributed by atoms with E-state index in [0.29, 0.717) is 17.0 Å². The lowest BCUT2D eigenvalue weighted by Gasteiger charge is -2.11. The molecule has 1 saturated heterocycles. The van der Waals surface area contributed by atoms with Gasteiger partial charge >= 0.3 is 0 Å². The first-order chi connectivity index (χ1) is 13.9. The fourth-order valence-electron chi connectivity index (χ4n) is 2.67. The highest BCUT2D eigenvalue weighted by atomic mass is 32.2. The monoisotopic (exact) mass is 410 g/mol. The molecule has 3 rings (SSSR count). The molecule has 1 heterocycles. The highest BCUT2D eigenvalue weighted by Crippen LogP contribution is 2.32. The predicted molar refractivity (Wildman–Crippen MR) is 111 cm³/mol. The van der Waals surface area contributed by atoms with Crippen molar-refractivity contribution < 1.29 is 23.9 Å². The van der Waals surface area contributed by atoms with Crippen LogP contribution in [0.3, 0.4) is 0 Å². The summed E-state index contributed by atoms with van der Waals surface area (Å²) < 4.78 is 5.09. The van der Waals surface area contributed by atoms with Gasteiger partial charge in [-0.3, -0.25) is 24.1 Å². The molecule has 2 aromatic carbocycles. The summed E-state index contributed by atoms with van der Waals surface area (Å²) in [5.74, 6) is -0.401. The summed E-state index contributed by atoms with van der Waals surface area (Å²) in [7, 11) is 1.56. The van der Waals surface area contributed by atoms with Crippen LogP contribution in [0.5, 0.6) is 5.75 Å². The van der Waals surface area contributed by atoms with Crippen molar-refractivity contribution in [1.29, 1.82) is 0 Å². The van der Waals surface area contributed by atoms with Crippen LogP contribution in [0.2, 0.25) is 0 Å². The number of carbonyl (C=O) groups excluding carboxylic acids is 4. The van der Waals surface area contributed by atoms with Crippen LogP contribution in [0.1, 0.15) is 22.8 Å². The SMILES string of the molecule is COc1ccc(/C=C2/SC(=O)N(CC(=O)c3ccc(NC(C)=O)cc3)C2=O)cc1. The number of thioether (sulfide) groups is 1. The maximum absolute atomic E-state index is 12.6. The summed E-state index contributed by atoms with van der Waals surface area (Å²) in [5.41, 5.74) is 1.65. The number of Topliss-reactive ketones (excluding diaryl/α,β-unsaturated/α-hetero) is 1. The lowest BCUT2D eigenvalue weighted by molar-refractivity contribution is -0.122. The number of hydrogen-bond acceptors (Lipinski definition) is 6. The molecule has 1 aliphatic rings. The van der Waals surface area contributed by atoms with Gasteiger partial charge in [-0.2, -0.15) is 0 Å². The largest absolute Gasteiger partial charge is 0.497 e. The van der Waals surface area contributed by atoms with E-state index >= 15 is 0 Å². The van der Waals surface area contributed by atoms with Gasteiger partial charge in [0.05, 0.1) is 18.6 Å². The normalized spacial score (nSPS) is 15.0. The van der Waals surface area contributed by atoms with Crippen molar-refractivity contribution >= 4 is 46.4 Å². The molecule has 1 N–H and O–H groups in total. The number of carbonyl (C=O) groups is 4. The molecule has 0 saturated carbocycles. The van der Waals surface area contributed by atoms with E-state index in [-0.39, 0.29) is 23.1 Å². The van der Waals surface area contributed by atoms with Crippen LogP contribution in [0.15, 0.2) is 53.4 Å². The number of anilines is 1. The Morgan fingerprint density at radius 1 is 1.07 bits per heavy atom. The first kappa shape index (κ1) is 20.3. The van der Waals surface area contributed by atoms with Gasteiger partial charge in [0, 0.05) is 18.2 Å². The van der Waals surface area contributed by atoms with Crippen molar-refractivity contribution in [2.45, 2.75) is 6.92 Å². The zero-order valence-electron chi connectivity index (χ0n) is 15.8. The maximum Gasteiger partial charge on any atom is 0.293 e. The molecular weight excluding hydrogens is 392 g/mol. The Morgan fingerprint density at radius 3 is 2.31 bits per heavy atom. The van der Waals surface area contributed by atoms with Gasteiger partial charge in [0.15, 0.2) is 5.78 Å². The minimum Gasteiger partial charge on any atom is -0.497 e. The van der Waals surface area contributed by atoms with Gasteiger partial charge in [0.2, 0.25) is 5.91 Å². The first-order valence-electron chi connectivity index (χ1n) is 8.67. The Labute approximate surface area is 171 Å². The zero-order chi connectivity index (χ0) is 21.0. The number of ether oxygens (including phenoxy) is 1. The Kier molecular flexibility index (Phi) is 6.13. The van der Waals surface area contributed by atoms with Crippen LogP contribution in [-0.4, -0.2) is 41.4 Å². The molecule has 148 valence electrons. The lowest BCUT2D eigenvalue weighted by atomic mass is 10.1. The Bertz CT molecular complexity index is 997. The second kappa shape index (κ2) is 8.74. The number of hydrogen-bond donors (Lipinski definition) is 1. The Morgan fingerprint density at radius 2 is 1.72 bits per heavy atom. The summed E-state index contributed by atoms with van der Waals surface area (Å²) in [5, 5.41) is 2.12. The quantitative estimate of drug-likeness (QED) is 0.578. The minimum atomic E-state index is -0.501. The van der Waals surface area contributed by atoms with E-state index in [0.717, 1.165) is 22.2 Å². The number of ketones is 1. The molecule has 0 atom stereocenters. The van der Waals surface area contributed by atoms with E-state index in [1.54, 1.807) is 61.7 Å². The van der Waals surface area contributed by atoms with Crippen LogP contribution in [0.4, 0.5) is 10.5 Å². The van der Waals surface area contributed by atoms with Crippen molar-refractivity contribution in [3.05, 3.63) is 64.6 Å². The smallest absolute Gasteiger partial charge is 0.293 e. The Hall–Kier alpha value is -3.39. The molecule has 0 radical (unpaired) electrons. The number of imide groups is 1. The molecule has 8 heteroatoms. The van der Waals surface area contributed by atoms with E-state index in [2.05, 4.69) is 5.32 Å². The number of amides is 3. The van der Waals surface area contributed by atoms with Gasteiger partial charge in [-0.25, -0.2) is 0 Å². The standard InChI is InChI=1S/C21H18N2O5S/c1-13(24)22-16-7-5-15(6-8-16)18(25)12-23-20(26)19(29-21(23)27)11-14-3-9-17(28-2)10-4-14/h3-11H,12H2,1-2H3,(H,22,24)/b19-11+. The summed E-state index contributed by atoms with van der Waals surface area (Å²) in [4.78, 5) is 49.5. The van der Waals surface area contributed by atoms with Crippen molar-refractivity contribution in [2.24, 2.45) is 0 Å². The highest BCUT2D eigenvalue weighted by molar-refractivity contribution is 8.18. The molecule has 0 aromatic heterocycles. The number of benzene rings is 2. The third kappa shape index (κ3) is 4.91. The van der Waals surface area contributed by atoms with Crippen molar-refractivity contribution in [3.8, 4) is 5.75 Å². The van der Waals surface area contributed by atoms with E-state index in [9.17, 15) is 19.2 Å². The van der Waals surface area contributed by atoms with E-state index in [1.165, 1.54) is 6.92 Å². The fraction of sp³-hybridized carbons (Fsp3) is 0.143. The second-order valence-corrected chi connectivity index (χ2v) is 7.22. The average Bonchev–Trinajstić information content (AvgIpc) is 2.96. The molecular formula is C21H18N2O5S. The molecule has 29 heavy (non-hydrogen) atoms. The van der Waals surface area contributed by atoms with Gasteiger partial charge in [-0.1, -0.05) is 12.1 Å². The summed E-state index contributed by atoms with van der Waals surface area (Å²) >= 11 is 0.801. The third-order valence-corrected chi connectivity index (χ3v) is 5.02. The van der Waals surface area contributed by atoms with Crippen LogP contribution >= 0.6 is 11.8 Å². The van der Waals surface area contributed by atoms with Crippen molar-refractivity contribution in [1.82, 2.24) is 4.90 Å². The van der Waals surface area contributed by atoms with Crippen LogP contribution in [0, 0.1) is 0 Å². The van der Waals surface area contributed by atoms with E-state index < -0.39 is 11.1 Å². The molecule has 1 aliphatic heterocycles. The highest BCUT2D eigenvalue weighted by Gasteiger charge is 2.36. The average molecular weight is 410 g/mol. The molecule has 0 aliphatic carbocycles. The van der Waals surface area contributed by atoms with Gasteiger partial charge < -0.3 is 10.1 Å². The maximum atomic E-state index is 12.6. The molecule has 0 unspecified atom stereocenters. The van der Waals surface area contributed by atoms with Crippen molar-refractivity contribution in [2.75, 3.05) is 19.0 Å². The fourth-order valence-corrected chi connectivity index (χ4v) is 3.50. The van der Waals surface area contributed by atoms with Crippen molar-refractivity contribution in [3.63, 3.8) is 0 Å². The van der Waals surface area contributed by atoms with Gasteiger partial charge in [0.25, 0.3) is 11.1 Å².